The number of benzene rings is 1. The number of rotatable bonds is 3. The van der Waals surface area contributed by atoms with Crippen molar-refractivity contribution < 1.29 is 14.3 Å². The molecule has 1 aliphatic carbocycles. The molecule has 1 atom stereocenters. The number of carbonyl (C=O) groups is 1. The van der Waals surface area contributed by atoms with Gasteiger partial charge in [0.05, 0.1) is 0 Å². The maximum absolute atomic E-state index is 12.7. The van der Waals surface area contributed by atoms with Crippen molar-refractivity contribution in [3.05, 3.63) is 35.0 Å². The molecule has 2 saturated heterocycles. The molecule has 0 radical (unpaired) electrons. The van der Waals surface area contributed by atoms with Gasteiger partial charge >= 0.3 is 0 Å². The summed E-state index contributed by atoms with van der Waals surface area (Å²) in [5, 5.41) is 5.88. The zero-order valence-corrected chi connectivity index (χ0v) is 16.6. The first-order valence-electron chi connectivity index (χ1n) is 10.2. The van der Waals surface area contributed by atoms with Gasteiger partial charge in [-0.2, -0.15) is 0 Å². The number of hydrogen-bond acceptors (Lipinski definition) is 4. The molecule has 0 bridgehead atoms. The molecule has 6 heteroatoms. The van der Waals surface area contributed by atoms with Gasteiger partial charge in [0.2, 0.25) is 5.91 Å². The average Bonchev–Trinajstić information content (AvgIpc) is 3.42. The van der Waals surface area contributed by atoms with Gasteiger partial charge in [-0.1, -0.05) is 11.6 Å². The van der Waals surface area contributed by atoms with Crippen LogP contribution in [0.25, 0.3) is 10.8 Å². The highest BCUT2D eigenvalue weighted by atomic mass is 35.5. The number of nitrogens with one attached hydrogen (secondary N) is 1. The molecule has 1 aromatic heterocycles. The van der Waals surface area contributed by atoms with Crippen LogP contribution in [-0.4, -0.2) is 37.3 Å². The van der Waals surface area contributed by atoms with Crippen molar-refractivity contribution in [2.24, 2.45) is 11.3 Å². The van der Waals surface area contributed by atoms with E-state index in [4.69, 9.17) is 21.1 Å². The van der Waals surface area contributed by atoms with Gasteiger partial charge in [-0.25, -0.2) is 4.98 Å². The second-order valence-corrected chi connectivity index (χ2v) is 8.80. The summed E-state index contributed by atoms with van der Waals surface area (Å²) in [6, 6.07) is 6.10. The average molecular weight is 401 g/mol. The first-order chi connectivity index (χ1) is 13.6. The number of pyridine rings is 1. The summed E-state index contributed by atoms with van der Waals surface area (Å²) in [5.41, 5.74) is 1.34. The Morgan fingerprint density at radius 1 is 1.07 bits per heavy atom. The quantitative estimate of drug-likeness (QED) is 0.821. The molecule has 2 aliphatic heterocycles. The Hall–Kier alpha value is -1.69. The Morgan fingerprint density at radius 3 is 2.61 bits per heavy atom. The summed E-state index contributed by atoms with van der Waals surface area (Å²) in [7, 11) is 0. The number of amides is 1. The summed E-state index contributed by atoms with van der Waals surface area (Å²) in [6.45, 7) is 3.11. The van der Waals surface area contributed by atoms with Crippen molar-refractivity contribution in [3.8, 4) is 0 Å². The van der Waals surface area contributed by atoms with E-state index in [2.05, 4.69) is 16.4 Å². The molecule has 5 rings (SSSR count). The highest BCUT2D eigenvalue weighted by molar-refractivity contribution is 6.32. The normalized spacial score (nSPS) is 24.4. The fourth-order valence-electron chi connectivity index (χ4n) is 4.84. The van der Waals surface area contributed by atoms with Gasteiger partial charge < -0.3 is 14.8 Å². The minimum Gasteiger partial charge on any atom is -0.381 e. The minimum atomic E-state index is 0.0902. The number of fused-ring (bicyclic) bond motifs is 1. The molecule has 5 nitrogen and oxygen atoms in total. The third kappa shape index (κ3) is 3.40. The predicted octanol–water partition coefficient (Wildman–Crippen LogP) is 4.54. The van der Waals surface area contributed by atoms with E-state index in [1.807, 2.05) is 12.1 Å². The van der Waals surface area contributed by atoms with Gasteiger partial charge in [0, 0.05) is 49.0 Å². The number of halogens is 1. The van der Waals surface area contributed by atoms with E-state index in [1.165, 1.54) is 5.56 Å². The molecule has 2 aromatic rings. The molecule has 1 N–H and O–H groups in total. The van der Waals surface area contributed by atoms with Crippen LogP contribution in [0.2, 0.25) is 5.02 Å². The lowest BCUT2D eigenvalue weighted by atomic mass is 9.90. The van der Waals surface area contributed by atoms with Crippen molar-refractivity contribution in [1.82, 2.24) is 4.98 Å². The van der Waals surface area contributed by atoms with Crippen molar-refractivity contribution in [2.75, 3.05) is 31.7 Å². The van der Waals surface area contributed by atoms with Gasteiger partial charge in [-0.3, -0.25) is 4.79 Å². The molecule has 1 spiro atoms. The van der Waals surface area contributed by atoms with E-state index in [0.717, 1.165) is 74.3 Å². The standard InChI is InChI=1S/C22H25ClN2O3/c23-19-10-16-13-24-20(11-15(16)9-17(19)14-1-5-27-6-2-14)25-21(26)18-12-22(18)3-7-28-8-4-22/h9-11,13-14,18H,1-8,12H2,(H,24,25,26). The smallest absolute Gasteiger partial charge is 0.229 e. The van der Waals surface area contributed by atoms with Crippen LogP contribution >= 0.6 is 11.6 Å². The number of aromatic nitrogens is 1. The molecule has 1 saturated carbocycles. The fourth-order valence-corrected chi connectivity index (χ4v) is 5.16. The summed E-state index contributed by atoms with van der Waals surface area (Å²) in [6.07, 6.45) is 6.73. The Bertz CT molecular complexity index is 904. The molecular formula is C22H25ClN2O3. The van der Waals surface area contributed by atoms with Crippen molar-refractivity contribution in [3.63, 3.8) is 0 Å². The second-order valence-electron chi connectivity index (χ2n) is 8.40. The van der Waals surface area contributed by atoms with E-state index in [1.54, 1.807) is 6.20 Å². The Labute approximate surface area is 169 Å². The number of hydrogen-bond donors (Lipinski definition) is 1. The van der Waals surface area contributed by atoms with Crippen LogP contribution in [0.4, 0.5) is 5.82 Å². The zero-order chi connectivity index (χ0) is 19.1. The summed E-state index contributed by atoms with van der Waals surface area (Å²) in [4.78, 5) is 17.2. The van der Waals surface area contributed by atoms with Crippen LogP contribution < -0.4 is 5.32 Å². The monoisotopic (exact) mass is 400 g/mol. The molecule has 3 heterocycles. The summed E-state index contributed by atoms with van der Waals surface area (Å²) < 4.78 is 10.9. The van der Waals surface area contributed by atoms with Crippen LogP contribution in [0.15, 0.2) is 24.4 Å². The molecule has 3 aliphatic rings. The fraction of sp³-hybridized carbons (Fsp3) is 0.545. The minimum absolute atomic E-state index is 0.0902. The Morgan fingerprint density at radius 2 is 1.82 bits per heavy atom. The molecule has 1 amide bonds. The maximum atomic E-state index is 12.7. The van der Waals surface area contributed by atoms with E-state index in [-0.39, 0.29) is 17.2 Å². The third-order valence-electron chi connectivity index (χ3n) is 6.74. The third-order valence-corrected chi connectivity index (χ3v) is 7.07. The molecule has 1 aromatic carbocycles. The summed E-state index contributed by atoms with van der Waals surface area (Å²) in [5.74, 6) is 1.23. The highest BCUT2D eigenvalue weighted by Gasteiger charge is 2.58. The van der Waals surface area contributed by atoms with Gasteiger partial charge in [-0.15, -0.1) is 0 Å². The number of nitrogens with zero attached hydrogens (tertiary/aromatic N) is 1. The number of carbonyl (C=O) groups excluding carboxylic acids is 1. The lowest BCUT2D eigenvalue weighted by Gasteiger charge is -2.23. The first-order valence-corrected chi connectivity index (χ1v) is 10.6. The van der Waals surface area contributed by atoms with Crippen molar-refractivity contribution in [2.45, 2.75) is 38.0 Å². The Kier molecular flexibility index (Phi) is 4.77. The van der Waals surface area contributed by atoms with Crippen LogP contribution in [0.3, 0.4) is 0 Å². The Balaban J connectivity index is 1.35. The van der Waals surface area contributed by atoms with E-state index >= 15 is 0 Å². The first kappa shape index (κ1) is 18.3. The van der Waals surface area contributed by atoms with Gasteiger partial charge in [0.1, 0.15) is 5.82 Å². The SMILES string of the molecule is O=C(Nc1cc2cc(C3CCOCC3)c(Cl)cc2cn1)C1CC12CCOCC2. The molecule has 3 fully saturated rings. The van der Waals surface area contributed by atoms with Crippen LogP contribution in [-0.2, 0) is 14.3 Å². The van der Waals surface area contributed by atoms with E-state index < -0.39 is 0 Å². The van der Waals surface area contributed by atoms with Crippen molar-refractivity contribution >= 4 is 34.1 Å². The van der Waals surface area contributed by atoms with Crippen LogP contribution in [0.1, 0.15) is 43.6 Å². The lowest BCUT2D eigenvalue weighted by Crippen LogP contribution is -2.24. The van der Waals surface area contributed by atoms with Gasteiger partial charge in [0.15, 0.2) is 0 Å². The zero-order valence-electron chi connectivity index (χ0n) is 15.9. The largest absolute Gasteiger partial charge is 0.381 e. The summed E-state index contributed by atoms with van der Waals surface area (Å²) >= 11 is 6.54. The van der Waals surface area contributed by atoms with E-state index in [0.29, 0.717) is 11.7 Å². The number of anilines is 1. The second kappa shape index (κ2) is 7.29. The van der Waals surface area contributed by atoms with Crippen LogP contribution in [0.5, 0.6) is 0 Å². The molecule has 28 heavy (non-hydrogen) atoms. The molecule has 1 unspecified atom stereocenters. The van der Waals surface area contributed by atoms with Crippen molar-refractivity contribution in [1.29, 1.82) is 0 Å². The molecule has 148 valence electrons. The predicted molar refractivity (Wildman–Crippen MR) is 109 cm³/mol. The van der Waals surface area contributed by atoms with Gasteiger partial charge in [-0.05, 0) is 72.6 Å². The molecular weight excluding hydrogens is 376 g/mol. The lowest BCUT2D eigenvalue weighted by molar-refractivity contribution is -0.118. The highest BCUT2D eigenvalue weighted by Crippen LogP contribution is 2.59. The van der Waals surface area contributed by atoms with Crippen LogP contribution in [0, 0.1) is 11.3 Å². The maximum Gasteiger partial charge on any atom is 0.229 e. The topological polar surface area (TPSA) is 60.5 Å². The number of ether oxygens (including phenoxy) is 2. The van der Waals surface area contributed by atoms with E-state index in [9.17, 15) is 4.79 Å². The van der Waals surface area contributed by atoms with Gasteiger partial charge in [0.25, 0.3) is 0 Å².